The van der Waals surface area contributed by atoms with Crippen molar-refractivity contribution in [1.82, 2.24) is 0 Å². The van der Waals surface area contributed by atoms with Gasteiger partial charge in [0.15, 0.2) is 0 Å². The van der Waals surface area contributed by atoms with E-state index >= 15 is 0 Å². The van der Waals surface area contributed by atoms with Crippen LogP contribution in [0.4, 0.5) is 0 Å². The Kier molecular flexibility index (Phi) is 6.52. The summed E-state index contributed by atoms with van der Waals surface area (Å²) in [4.78, 5) is 0. The summed E-state index contributed by atoms with van der Waals surface area (Å²) >= 11 is 0. The molecule has 0 bridgehead atoms. The van der Waals surface area contributed by atoms with Gasteiger partial charge in [-0.3, -0.25) is 0 Å². The third-order valence-corrected chi connectivity index (χ3v) is 5.11. The molecule has 1 N–H and O–H groups in total. The van der Waals surface area contributed by atoms with Gasteiger partial charge in [-0.2, -0.15) is 0 Å². The average Bonchev–Trinajstić information content (AvgIpc) is 2.38. The monoisotopic (exact) mass is 284 g/mol. The summed E-state index contributed by atoms with van der Waals surface area (Å²) in [7, 11) is -2.90. The first-order chi connectivity index (χ1) is 8.93. The molecule has 3 nitrogen and oxygen atoms in total. The second kappa shape index (κ2) is 7.65. The highest BCUT2D eigenvalue weighted by atomic mass is 32.2. The summed E-state index contributed by atoms with van der Waals surface area (Å²) in [6, 6.07) is 8.28. The maximum atomic E-state index is 11.3. The number of aliphatic hydroxyl groups is 1. The van der Waals surface area contributed by atoms with Crippen LogP contribution in [0, 0.1) is 6.92 Å². The maximum Gasteiger partial charge on any atom is 0.150 e. The summed E-state index contributed by atoms with van der Waals surface area (Å²) < 4.78 is 22.6. The van der Waals surface area contributed by atoms with E-state index in [1.54, 1.807) is 6.92 Å². The van der Waals surface area contributed by atoms with Gasteiger partial charge in [-0.15, -0.1) is 0 Å². The van der Waals surface area contributed by atoms with Crippen molar-refractivity contribution in [2.45, 2.75) is 45.6 Å². The number of hydrogen-bond acceptors (Lipinski definition) is 3. The van der Waals surface area contributed by atoms with E-state index in [2.05, 4.69) is 24.3 Å². The van der Waals surface area contributed by atoms with Crippen LogP contribution in [-0.2, 0) is 16.3 Å². The van der Waals surface area contributed by atoms with E-state index in [-0.39, 0.29) is 11.5 Å². The Morgan fingerprint density at radius 3 is 2.37 bits per heavy atom. The Balaban J connectivity index is 2.24. The van der Waals surface area contributed by atoms with Gasteiger partial charge >= 0.3 is 0 Å². The fourth-order valence-corrected chi connectivity index (χ4v) is 2.81. The van der Waals surface area contributed by atoms with E-state index in [0.29, 0.717) is 19.3 Å². The van der Waals surface area contributed by atoms with Crippen LogP contribution in [0.2, 0.25) is 0 Å². The molecule has 0 aromatic heterocycles. The van der Waals surface area contributed by atoms with E-state index in [1.807, 2.05) is 6.92 Å². The second-order valence-electron chi connectivity index (χ2n) is 5.06. The fraction of sp³-hybridized carbons (Fsp3) is 0.600. The van der Waals surface area contributed by atoms with Gasteiger partial charge in [0, 0.05) is 5.75 Å². The van der Waals surface area contributed by atoms with Crippen LogP contribution in [0.25, 0.3) is 0 Å². The van der Waals surface area contributed by atoms with Gasteiger partial charge < -0.3 is 5.11 Å². The van der Waals surface area contributed by atoms with Gasteiger partial charge in [-0.25, -0.2) is 8.42 Å². The molecule has 0 saturated heterocycles. The highest BCUT2D eigenvalue weighted by Gasteiger charge is 2.10. The maximum absolute atomic E-state index is 11.3. The summed E-state index contributed by atoms with van der Waals surface area (Å²) in [5, 5.41) is 9.84. The largest absolute Gasteiger partial charge is 0.393 e. The smallest absolute Gasteiger partial charge is 0.150 e. The first-order valence-electron chi connectivity index (χ1n) is 6.87. The lowest BCUT2D eigenvalue weighted by atomic mass is 10.0. The minimum absolute atomic E-state index is 0.186. The number of aliphatic hydroxyl groups excluding tert-OH is 1. The van der Waals surface area contributed by atoms with Crippen LogP contribution < -0.4 is 0 Å². The van der Waals surface area contributed by atoms with Crippen LogP contribution in [-0.4, -0.2) is 31.1 Å². The summed E-state index contributed by atoms with van der Waals surface area (Å²) in [6.07, 6.45) is 2.22. The van der Waals surface area contributed by atoms with Gasteiger partial charge in [-0.1, -0.05) is 36.8 Å². The number of sulfone groups is 1. The standard InChI is InChI=1S/C15H24O3S/c1-3-19(17,18)12-4-5-15(16)11-10-14-8-6-13(2)7-9-14/h6-9,15-16H,3-5,10-12H2,1-2H3. The second-order valence-corrected chi connectivity index (χ2v) is 7.53. The normalized spacial score (nSPS) is 13.4. The number of hydrogen-bond donors (Lipinski definition) is 1. The van der Waals surface area contributed by atoms with Crippen molar-refractivity contribution in [2.24, 2.45) is 0 Å². The van der Waals surface area contributed by atoms with Crippen molar-refractivity contribution in [3.8, 4) is 0 Å². The molecule has 0 aliphatic heterocycles. The number of rotatable bonds is 8. The first-order valence-corrected chi connectivity index (χ1v) is 8.69. The molecule has 0 radical (unpaired) electrons. The zero-order valence-electron chi connectivity index (χ0n) is 11.8. The van der Waals surface area contributed by atoms with Crippen LogP contribution in [0.1, 0.15) is 37.3 Å². The lowest BCUT2D eigenvalue weighted by Crippen LogP contribution is -2.13. The molecule has 0 spiro atoms. The zero-order valence-corrected chi connectivity index (χ0v) is 12.6. The van der Waals surface area contributed by atoms with Crippen molar-refractivity contribution in [3.05, 3.63) is 35.4 Å². The van der Waals surface area contributed by atoms with Crippen molar-refractivity contribution in [2.75, 3.05) is 11.5 Å². The molecular weight excluding hydrogens is 260 g/mol. The van der Waals surface area contributed by atoms with E-state index < -0.39 is 15.9 Å². The Labute approximate surface area is 116 Å². The van der Waals surface area contributed by atoms with Gasteiger partial charge in [-0.05, 0) is 38.2 Å². The molecule has 0 aliphatic carbocycles. The topological polar surface area (TPSA) is 54.4 Å². The molecule has 1 aromatic rings. The molecule has 108 valence electrons. The number of benzene rings is 1. The molecule has 19 heavy (non-hydrogen) atoms. The van der Waals surface area contributed by atoms with Crippen LogP contribution >= 0.6 is 0 Å². The van der Waals surface area contributed by atoms with Crippen molar-refractivity contribution in [1.29, 1.82) is 0 Å². The molecule has 1 unspecified atom stereocenters. The van der Waals surface area contributed by atoms with Crippen LogP contribution in [0.3, 0.4) is 0 Å². The molecule has 0 fully saturated rings. The zero-order chi connectivity index (χ0) is 14.3. The molecule has 1 atom stereocenters. The lowest BCUT2D eigenvalue weighted by Gasteiger charge is -2.10. The Bertz CT molecular complexity index is 463. The molecule has 1 rings (SSSR count). The van der Waals surface area contributed by atoms with Crippen LogP contribution in [0.15, 0.2) is 24.3 Å². The molecule has 0 amide bonds. The Morgan fingerprint density at radius 1 is 1.16 bits per heavy atom. The SMILES string of the molecule is CCS(=O)(=O)CCCC(O)CCc1ccc(C)cc1. The highest BCUT2D eigenvalue weighted by Crippen LogP contribution is 2.10. The summed E-state index contributed by atoms with van der Waals surface area (Å²) in [6.45, 7) is 3.70. The van der Waals surface area contributed by atoms with Crippen molar-refractivity contribution < 1.29 is 13.5 Å². The fourth-order valence-electron chi connectivity index (χ4n) is 1.92. The van der Waals surface area contributed by atoms with Crippen molar-refractivity contribution in [3.63, 3.8) is 0 Å². The molecule has 4 heteroatoms. The Morgan fingerprint density at radius 2 is 1.79 bits per heavy atom. The van der Waals surface area contributed by atoms with Gasteiger partial charge in [0.2, 0.25) is 0 Å². The molecule has 1 aromatic carbocycles. The lowest BCUT2D eigenvalue weighted by molar-refractivity contribution is 0.154. The first kappa shape index (κ1) is 16.2. The van der Waals surface area contributed by atoms with E-state index in [1.165, 1.54) is 11.1 Å². The molecular formula is C15H24O3S. The predicted molar refractivity (Wildman–Crippen MR) is 79.1 cm³/mol. The Hall–Kier alpha value is -0.870. The van der Waals surface area contributed by atoms with E-state index in [0.717, 1.165) is 6.42 Å². The third-order valence-electron chi connectivity index (χ3n) is 3.32. The van der Waals surface area contributed by atoms with Gasteiger partial charge in [0.05, 0.1) is 11.9 Å². The predicted octanol–water partition coefficient (Wildman–Crippen LogP) is 2.50. The van der Waals surface area contributed by atoms with E-state index in [4.69, 9.17) is 0 Å². The van der Waals surface area contributed by atoms with Gasteiger partial charge in [0.1, 0.15) is 9.84 Å². The molecule has 0 aliphatic rings. The summed E-state index contributed by atoms with van der Waals surface area (Å²) in [5.41, 5.74) is 2.44. The summed E-state index contributed by atoms with van der Waals surface area (Å²) in [5.74, 6) is 0.373. The number of aryl methyl sites for hydroxylation is 2. The van der Waals surface area contributed by atoms with E-state index in [9.17, 15) is 13.5 Å². The average molecular weight is 284 g/mol. The highest BCUT2D eigenvalue weighted by molar-refractivity contribution is 7.91. The minimum Gasteiger partial charge on any atom is -0.393 e. The van der Waals surface area contributed by atoms with Crippen LogP contribution in [0.5, 0.6) is 0 Å². The quantitative estimate of drug-likeness (QED) is 0.798. The molecule has 0 saturated carbocycles. The minimum atomic E-state index is -2.90. The van der Waals surface area contributed by atoms with Crippen molar-refractivity contribution >= 4 is 9.84 Å². The van der Waals surface area contributed by atoms with Gasteiger partial charge in [0.25, 0.3) is 0 Å². The third kappa shape index (κ3) is 6.73. The molecule has 0 heterocycles.